The molecule has 0 spiro atoms. The molecule has 2 atom stereocenters. The van der Waals surface area contributed by atoms with Gasteiger partial charge in [-0.1, -0.05) is 13.0 Å². The molecule has 2 aromatic carbocycles. The molecule has 0 saturated carbocycles. The maximum atomic E-state index is 13.2. The Bertz CT molecular complexity index is 966. The molecule has 7 nitrogen and oxygen atoms in total. The Kier molecular flexibility index (Phi) is 8.89. The SMILES string of the molecule is COc1ccc(C(=O)C[C@@H](C)C(=O)N[C@@H](Cc2ccc(OC)c(C(F)(F)F)c2)B(O)O)cc1. The van der Waals surface area contributed by atoms with Gasteiger partial charge in [0.05, 0.1) is 25.7 Å². The van der Waals surface area contributed by atoms with Gasteiger partial charge < -0.3 is 24.8 Å². The van der Waals surface area contributed by atoms with E-state index in [0.717, 1.165) is 19.2 Å². The van der Waals surface area contributed by atoms with E-state index in [0.29, 0.717) is 11.3 Å². The summed E-state index contributed by atoms with van der Waals surface area (Å²) in [6, 6.07) is 9.64. The number of amides is 1. The number of ketones is 1. The zero-order valence-electron chi connectivity index (χ0n) is 18.3. The number of carbonyl (C=O) groups is 2. The summed E-state index contributed by atoms with van der Waals surface area (Å²) in [5, 5.41) is 21.7. The summed E-state index contributed by atoms with van der Waals surface area (Å²) < 4.78 is 49.5. The van der Waals surface area contributed by atoms with Crippen molar-refractivity contribution >= 4 is 18.8 Å². The number of rotatable bonds is 10. The van der Waals surface area contributed by atoms with Gasteiger partial charge in [0.2, 0.25) is 5.91 Å². The molecule has 178 valence electrons. The van der Waals surface area contributed by atoms with Crippen LogP contribution in [0.25, 0.3) is 0 Å². The highest BCUT2D eigenvalue weighted by Gasteiger charge is 2.35. The lowest BCUT2D eigenvalue weighted by atomic mass is 9.75. The molecular formula is C22H25BF3NO6. The molecule has 0 radical (unpaired) electrons. The Morgan fingerprint density at radius 3 is 2.21 bits per heavy atom. The van der Waals surface area contributed by atoms with E-state index in [4.69, 9.17) is 9.47 Å². The van der Waals surface area contributed by atoms with Crippen LogP contribution in [0.15, 0.2) is 42.5 Å². The van der Waals surface area contributed by atoms with E-state index >= 15 is 0 Å². The number of benzene rings is 2. The highest BCUT2D eigenvalue weighted by molar-refractivity contribution is 6.43. The van der Waals surface area contributed by atoms with Crippen LogP contribution in [0.5, 0.6) is 11.5 Å². The van der Waals surface area contributed by atoms with Crippen molar-refractivity contribution in [2.75, 3.05) is 14.2 Å². The number of hydrogen-bond donors (Lipinski definition) is 3. The second-order valence-corrected chi connectivity index (χ2v) is 7.52. The molecule has 0 unspecified atom stereocenters. The molecule has 0 aliphatic rings. The zero-order chi connectivity index (χ0) is 24.8. The quantitative estimate of drug-likeness (QED) is 0.367. The third-order valence-corrected chi connectivity index (χ3v) is 5.06. The largest absolute Gasteiger partial charge is 0.497 e. The van der Waals surface area contributed by atoms with Crippen molar-refractivity contribution in [2.24, 2.45) is 5.92 Å². The molecule has 1 amide bonds. The van der Waals surface area contributed by atoms with E-state index in [9.17, 15) is 32.8 Å². The number of Topliss-reactive ketones (excluding diaryl/α,β-unsaturated/α-hetero) is 1. The predicted molar refractivity (Wildman–Crippen MR) is 115 cm³/mol. The van der Waals surface area contributed by atoms with Crippen LogP contribution in [-0.2, 0) is 17.4 Å². The highest BCUT2D eigenvalue weighted by Crippen LogP contribution is 2.36. The molecular weight excluding hydrogens is 442 g/mol. The monoisotopic (exact) mass is 467 g/mol. The summed E-state index contributed by atoms with van der Waals surface area (Å²) in [5.41, 5.74) is -0.519. The molecule has 0 aliphatic carbocycles. The third-order valence-electron chi connectivity index (χ3n) is 5.06. The first-order valence-corrected chi connectivity index (χ1v) is 10.0. The number of carbonyl (C=O) groups excluding carboxylic acids is 2. The number of methoxy groups -OCH3 is 2. The molecule has 2 aromatic rings. The second-order valence-electron chi connectivity index (χ2n) is 7.52. The van der Waals surface area contributed by atoms with Crippen LogP contribution in [0.3, 0.4) is 0 Å². The van der Waals surface area contributed by atoms with Crippen LogP contribution in [-0.4, -0.2) is 49.0 Å². The van der Waals surface area contributed by atoms with Crippen molar-refractivity contribution in [1.82, 2.24) is 5.32 Å². The van der Waals surface area contributed by atoms with Crippen molar-refractivity contribution in [3.8, 4) is 11.5 Å². The number of nitrogens with one attached hydrogen (secondary N) is 1. The summed E-state index contributed by atoms with van der Waals surface area (Å²) in [6.07, 6.45) is -5.10. The van der Waals surface area contributed by atoms with Crippen LogP contribution in [0.2, 0.25) is 0 Å². The lowest BCUT2D eigenvalue weighted by Crippen LogP contribution is -2.49. The third kappa shape index (κ3) is 7.23. The highest BCUT2D eigenvalue weighted by atomic mass is 19.4. The average Bonchev–Trinajstić information content (AvgIpc) is 2.77. The first kappa shape index (κ1) is 26.2. The minimum absolute atomic E-state index is 0.114. The number of ether oxygens (including phenoxy) is 2. The van der Waals surface area contributed by atoms with E-state index in [1.807, 2.05) is 0 Å². The molecule has 0 aliphatic heterocycles. The molecule has 0 heterocycles. The Morgan fingerprint density at radius 1 is 1.06 bits per heavy atom. The van der Waals surface area contributed by atoms with Gasteiger partial charge in [-0.15, -0.1) is 0 Å². The van der Waals surface area contributed by atoms with Crippen LogP contribution in [0, 0.1) is 5.92 Å². The van der Waals surface area contributed by atoms with E-state index < -0.39 is 36.6 Å². The molecule has 33 heavy (non-hydrogen) atoms. The van der Waals surface area contributed by atoms with Crippen molar-refractivity contribution in [3.63, 3.8) is 0 Å². The zero-order valence-corrected chi connectivity index (χ0v) is 18.3. The van der Waals surface area contributed by atoms with Gasteiger partial charge in [-0.05, 0) is 48.4 Å². The molecule has 0 saturated heterocycles. The van der Waals surface area contributed by atoms with Crippen molar-refractivity contribution in [1.29, 1.82) is 0 Å². The summed E-state index contributed by atoms with van der Waals surface area (Å²) in [6.45, 7) is 1.49. The Labute approximate surface area is 189 Å². The average molecular weight is 467 g/mol. The van der Waals surface area contributed by atoms with E-state index in [1.165, 1.54) is 20.1 Å². The minimum atomic E-state index is -4.67. The van der Waals surface area contributed by atoms with E-state index in [2.05, 4.69) is 5.32 Å². The fourth-order valence-corrected chi connectivity index (χ4v) is 3.18. The predicted octanol–water partition coefficient (Wildman–Crippen LogP) is 2.67. The van der Waals surface area contributed by atoms with Crippen molar-refractivity contribution in [3.05, 3.63) is 59.2 Å². The lowest BCUT2D eigenvalue weighted by molar-refractivity contribution is -0.138. The van der Waals surface area contributed by atoms with Crippen LogP contribution < -0.4 is 14.8 Å². The lowest BCUT2D eigenvalue weighted by Gasteiger charge is -2.21. The first-order chi connectivity index (χ1) is 15.5. The topological polar surface area (TPSA) is 105 Å². The molecule has 2 rings (SSSR count). The smallest absolute Gasteiger partial charge is 0.475 e. The fourth-order valence-electron chi connectivity index (χ4n) is 3.18. The van der Waals surface area contributed by atoms with Gasteiger partial charge in [-0.25, -0.2) is 0 Å². The standard InChI is InChI=1S/C22H25BF3NO6/c1-13(10-18(28)15-5-7-16(32-2)8-6-15)21(29)27-20(23(30)31)12-14-4-9-19(33-3)17(11-14)22(24,25)26/h4-9,11,13,20,30-31H,10,12H2,1-3H3,(H,27,29)/t13-,20+/m1/s1. The van der Waals surface area contributed by atoms with Crippen molar-refractivity contribution in [2.45, 2.75) is 31.9 Å². The Balaban J connectivity index is 2.07. The van der Waals surface area contributed by atoms with Gasteiger partial charge in [0.25, 0.3) is 0 Å². The fraction of sp³-hybridized carbons (Fsp3) is 0.364. The van der Waals surface area contributed by atoms with Crippen LogP contribution in [0.4, 0.5) is 13.2 Å². The maximum Gasteiger partial charge on any atom is 0.475 e. The minimum Gasteiger partial charge on any atom is -0.497 e. The molecule has 0 aromatic heterocycles. The molecule has 3 N–H and O–H groups in total. The maximum absolute atomic E-state index is 13.2. The van der Waals surface area contributed by atoms with Crippen molar-refractivity contribution < 1.29 is 42.3 Å². The van der Waals surface area contributed by atoms with Gasteiger partial charge in [-0.3, -0.25) is 9.59 Å². The van der Waals surface area contributed by atoms with Gasteiger partial charge in [0.1, 0.15) is 11.5 Å². The number of halogens is 3. The van der Waals surface area contributed by atoms with Gasteiger partial charge in [0, 0.05) is 17.9 Å². The first-order valence-electron chi connectivity index (χ1n) is 10.0. The Hall–Kier alpha value is -3.05. The van der Waals surface area contributed by atoms with Gasteiger partial charge in [-0.2, -0.15) is 13.2 Å². The van der Waals surface area contributed by atoms with Crippen LogP contribution in [0.1, 0.15) is 34.8 Å². The molecule has 0 bridgehead atoms. The van der Waals surface area contributed by atoms with Crippen LogP contribution >= 0.6 is 0 Å². The molecule has 0 fully saturated rings. The number of alkyl halides is 3. The summed E-state index contributed by atoms with van der Waals surface area (Å²) in [5.74, 6) is -2.84. The number of hydrogen-bond acceptors (Lipinski definition) is 6. The Morgan fingerprint density at radius 2 is 1.70 bits per heavy atom. The summed E-state index contributed by atoms with van der Waals surface area (Å²) >= 11 is 0. The molecule has 11 heteroatoms. The van der Waals surface area contributed by atoms with Gasteiger partial charge in [0.15, 0.2) is 5.78 Å². The van der Waals surface area contributed by atoms with E-state index in [-0.39, 0.29) is 29.9 Å². The summed E-state index contributed by atoms with van der Waals surface area (Å²) in [4.78, 5) is 25.0. The normalized spacial score (nSPS) is 13.1. The second kappa shape index (κ2) is 11.2. The summed E-state index contributed by atoms with van der Waals surface area (Å²) in [7, 11) is 0.569. The van der Waals surface area contributed by atoms with Gasteiger partial charge >= 0.3 is 13.3 Å². The van der Waals surface area contributed by atoms with E-state index in [1.54, 1.807) is 24.3 Å².